The molecule has 0 aromatic heterocycles. The van der Waals surface area contributed by atoms with Crippen LogP contribution in [0.4, 0.5) is 13.2 Å². The second-order valence-electron chi connectivity index (χ2n) is 3.97. The molecule has 4 nitrogen and oxygen atoms in total. The zero-order valence-corrected chi connectivity index (χ0v) is 11.8. The smallest absolute Gasteiger partial charge is 0.437 e. The van der Waals surface area contributed by atoms with E-state index in [9.17, 15) is 22.8 Å². The molecule has 1 atom stereocenters. The summed E-state index contributed by atoms with van der Waals surface area (Å²) >= 11 is 5.64. The molecular weight excluding hydrogens is 331 g/mol. The predicted octanol–water partition coefficient (Wildman–Crippen LogP) is 2.90. The number of carbonyl (C=O) groups is 2. The lowest BCUT2D eigenvalue weighted by molar-refractivity contribution is -0.145. The van der Waals surface area contributed by atoms with Crippen LogP contribution in [-0.2, 0) is 20.9 Å². The number of esters is 1. The second kappa shape index (κ2) is 5.69. The molecule has 1 aromatic rings. The van der Waals surface area contributed by atoms with Gasteiger partial charge in [-0.3, -0.25) is 4.79 Å². The molecule has 0 radical (unpaired) electrons. The molecule has 1 unspecified atom stereocenters. The number of benzene rings is 1. The lowest BCUT2D eigenvalue weighted by atomic mass is 10.2. The average molecular weight is 338 g/mol. The van der Waals surface area contributed by atoms with Crippen LogP contribution in [0, 0.1) is 0 Å². The third-order valence-corrected chi connectivity index (χ3v) is 3.79. The summed E-state index contributed by atoms with van der Waals surface area (Å²) in [6.07, 6.45) is -4.96. The Morgan fingerprint density at radius 3 is 2.48 bits per heavy atom. The van der Waals surface area contributed by atoms with Crippen molar-refractivity contribution in [2.45, 2.75) is 17.1 Å². The van der Waals surface area contributed by atoms with Gasteiger partial charge in [-0.25, -0.2) is 9.79 Å². The normalized spacial score (nSPS) is 22.1. The highest BCUT2D eigenvalue weighted by molar-refractivity contribution is 8.18. The number of hydrogen-bond donors (Lipinski definition) is 0. The Labute approximate surface area is 126 Å². The number of thioether (sulfide) groups is 1. The van der Waals surface area contributed by atoms with E-state index in [1.165, 1.54) is 0 Å². The van der Waals surface area contributed by atoms with Gasteiger partial charge in [0.05, 0.1) is 0 Å². The van der Waals surface area contributed by atoms with Gasteiger partial charge in [0.25, 0.3) is 4.33 Å². The second-order valence-corrected chi connectivity index (χ2v) is 5.91. The molecule has 0 bridgehead atoms. The first-order chi connectivity index (χ1) is 9.72. The van der Waals surface area contributed by atoms with E-state index < -0.39 is 27.3 Å². The van der Waals surface area contributed by atoms with E-state index >= 15 is 0 Å². The Morgan fingerprint density at radius 2 is 1.95 bits per heavy atom. The van der Waals surface area contributed by atoms with Crippen molar-refractivity contribution < 1.29 is 27.5 Å². The summed E-state index contributed by atoms with van der Waals surface area (Å²) in [5.74, 6) is -1.22. The van der Waals surface area contributed by atoms with Gasteiger partial charge in [-0.05, 0) is 17.3 Å². The molecule has 2 rings (SSSR count). The lowest BCUT2D eigenvalue weighted by Crippen LogP contribution is -2.28. The Kier molecular flexibility index (Phi) is 4.29. The standard InChI is InChI=1S/C12H7ClF3NO3S/c13-11(17-8(9(18)21-11)12(14,15)16)10(19)20-6-7-4-2-1-3-5-7/h1-5H,6H2. The van der Waals surface area contributed by atoms with Gasteiger partial charge in [0.1, 0.15) is 6.61 Å². The Bertz CT molecular complexity index is 606. The van der Waals surface area contributed by atoms with Crippen LogP contribution >= 0.6 is 23.4 Å². The highest BCUT2D eigenvalue weighted by Crippen LogP contribution is 2.42. The molecule has 112 valence electrons. The van der Waals surface area contributed by atoms with Crippen LogP contribution in [0.1, 0.15) is 5.56 Å². The first kappa shape index (κ1) is 15.8. The third kappa shape index (κ3) is 3.56. The van der Waals surface area contributed by atoms with Crippen molar-refractivity contribution in [3.05, 3.63) is 35.9 Å². The van der Waals surface area contributed by atoms with E-state index in [2.05, 4.69) is 4.99 Å². The SMILES string of the molecule is O=C1SC(Cl)(C(=O)OCc2ccccc2)N=C1C(F)(F)F. The molecule has 1 heterocycles. The zero-order chi connectivity index (χ0) is 15.7. The zero-order valence-electron chi connectivity index (χ0n) is 10.2. The predicted molar refractivity (Wildman–Crippen MR) is 70.9 cm³/mol. The van der Waals surface area contributed by atoms with Crippen molar-refractivity contribution >= 4 is 40.2 Å². The van der Waals surface area contributed by atoms with Gasteiger partial charge < -0.3 is 4.74 Å². The minimum absolute atomic E-state index is 0.0257. The summed E-state index contributed by atoms with van der Waals surface area (Å²) in [5.41, 5.74) is -1.07. The molecule has 0 amide bonds. The van der Waals surface area contributed by atoms with E-state index in [0.717, 1.165) is 0 Å². The number of halogens is 4. The maximum Gasteiger partial charge on any atom is 0.437 e. The minimum Gasteiger partial charge on any atom is -0.457 e. The van der Waals surface area contributed by atoms with Gasteiger partial charge in [-0.2, -0.15) is 13.2 Å². The topological polar surface area (TPSA) is 55.7 Å². The van der Waals surface area contributed by atoms with Crippen molar-refractivity contribution in [2.75, 3.05) is 0 Å². The average Bonchev–Trinajstić information content (AvgIpc) is 2.74. The summed E-state index contributed by atoms with van der Waals surface area (Å²) in [4.78, 5) is 26.0. The molecule has 0 saturated heterocycles. The largest absolute Gasteiger partial charge is 0.457 e. The van der Waals surface area contributed by atoms with Crippen molar-refractivity contribution in [1.29, 1.82) is 0 Å². The summed E-state index contributed by atoms with van der Waals surface area (Å²) in [6.45, 7) is -0.181. The number of carbonyl (C=O) groups excluding carboxylic acids is 2. The maximum absolute atomic E-state index is 12.5. The lowest BCUT2D eigenvalue weighted by Gasteiger charge is -2.14. The van der Waals surface area contributed by atoms with Gasteiger partial charge in [0.2, 0.25) is 5.12 Å². The van der Waals surface area contributed by atoms with Crippen LogP contribution in [0.5, 0.6) is 0 Å². The van der Waals surface area contributed by atoms with Crippen LogP contribution in [0.15, 0.2) is 35.3 Å². The summed E-state index contributed by atoms with van der Waals surface area (Å²) in [6, 6.07) is 8.47. The van der Waals surface area contributed by atoms with Crippen LogP contribution < -0.4 is 0 Å². The van der Waals surface area contributed by atoms with E-state index in [0.29, 0.717) is 5.56 Å². The summed E-state index contributed by atoms with van der Waals surface area (Å²) in [7, 11) is 0. The molecular formula is C12H7ClF3NO3S. The van der Waals surface area contributed by atoms with Gasteiger partial charge in [-0.15, -0.1) is 0 Å². The first-order valence-corrected chi connectivity index (χ1v) is 6.72. The molecule has 1 aliphatic rings. The Hall–Kier alpha value is -1.54. The van der Waals surface area contributed by atoms with E-state index in [1.807, 2.05) is 0 Å². The molecule has 0 fully saturated rings. The van der Waals surface area contributed by atoms with E-state index in [-0.39, 0.29) is 18.4 Å². The van der Waals surface area contributed by atoms with Crippen molar-refractivity contribution in [2.24, 2.45) is 4.99 Å². The molecule has 0 aliphatic carbocycles. The van der Waals surface area contributed by atoms with Crippen LogP contribution in [-0.4, -0.2) is 27.3 Å². The monoisotopic (exact) mass is 337 g/mol. The quantitative estimate of drug-likeness (QED) is 0.483. The number of rotatable bonds is 3. The Balaban J connectivity index is 2.09. The fourth-order valence-electron chi connectivity index (χ4n) is 1.46. The van der Waals surface area contributed by atoms with Crippen molar-refractivity contribution in [3.63, 3.8) is 0 Å². The van der Waals surface area contributed by atoms with Crippen LogP contribution in [0.25, 0.3) is 0 Å². The van der Waals surface area contributed by atoms with Crippen LogP contribution in [0.3, 0.4) is 0 Å². The first-order valence-electron chi connectivity index (χ1n) is 5.53. The highest BCUT2D eigenvalue weighted by Gasteiger charge is 2.55. The summed E-state index contributed by atoms with van der Waals surface area (Å²) in [5, 5.41) is -1.41. The molecule has 1 aromatic carbocycles. The molecule has 21 heavy (non-hydrogen) atoms. The van der Waals surface area contributed by atoms with Gasteiger partial charge in [0.15, 0.2) is 5.71 Å². The molecule has 9 heteroatoms. The number of aliphatic imine (C=N–C) groups is 1. The highest BCUT2D eigenvalue weighted by atomic mass is 35.5. The van der Waals surface area contributed by atoms with Gasteiger partial charge in [-0.1, -0.05) is 41.9 Å². The third-order valence-electron chi connectivity index (χ3n) is 2.41. The van der Waals surface area contributed by atoms with Gasteiger partial charge in [0, 0.05) is 0 Å². The minimum atomic E-state index is -4.96. The van der Waals surface area contributed by atoms with Crippen molar-refractivity contribution in [1.82, 2.24) is 0 Å². The molecule has 0 saturated carbocycles. The van der Waals surface area contributed by atoms with Crippen molar-refractivity contribution in [3.8, 4) is 0 Å². The van der Waals surface area contributed by atoms with E-state index in [1.54, 1.807) is 30.3 Å². The van der Waals surface area contributed by atoms with Crippen LogP contribution in [0.2, 0.25) is 0 Å². The van der Waals surface area contributed by atoms with E-state index in [4.69, 9.17) is 16.3 Å². The molecule has 1 aliphatic heterocycles. The number of ether oxygens (including phenoxy) is 1. The number of alkyl halides is 4. The van der Waals surface area contributed by atoms with Gasteiger partial charge >= 0.3 is 12.1 Å². The molecule has 0 N–H and O–H groups in total. The molecule has 0 spiro atoms. The summed E-state index contributed by atoms with van der Waals surface area (Å²) < 4.78 is 39.9. The maximum atomic E-state index is 12.5. The fourth-order valence-corrected chi connectivity index (χ4v) is 2.59. The number of nitrogens with zero attached hydrogens (tertiary/aromatic N) is 1. The fraction of sp³-hybridized carbons (Fsp3) is 0.250. The Morgan fingerprint density at radius 1 is 1.33 bits per heavy atom. The number of hydrogen-bond acceptors (Lipinski definition) is 5.